The first kappa shape index (κ1) is 38.5. The Morgan fingerprint density at radius 2 is 1.39 bits per heavy atom. The third-order valence-electron chi connectivity index (χ3n) is 4.74. The van der Waals surface area contributed by atoms with Gasteiger partial charge >= 0.3 is 25.0 Å². The van der Waals surface area contributed by atoms with Crippen LogP contribution in [0.1, 0.15) is 52.7 Å². The summed E-state index contributed by atoms with van der Waals surface area (Å²) in [6.45, 7) is 15.3. The Hall–Kier alpha value is 0.251. The zero-order valence-electron chi connectivity index (χ0n) is 20.2. The Kier molecular flexibility index (Phi) is 16.4. The van der Waals surface area contributed by atoms with Crippen molar-refractivity contribution in [3.05, 3.63) is 37.6 Å². The van der Waals surface area contributed by atoms with E-state index in [0.717, 1.165) is 0 Å². The molecule has 0 amide bonds. The van der Waals surface area contributed by atoms with E-state index < -0.39 is 25.9 Å². The van der Waals surface area contributed by atoms with Crippen molar-refractivity contribution >= 4 is 7.92 Å². The van der Waals surface area contributed by atoms with Gasteiger partial charge < -0.3 is 34.4 Å². The fraction of sp³-hybridized carbons (Fsp3) is 0.619. The maximum Gasteiger partial charge on any atom is 1.00 e. The summed E-state index contributed by atoms with van der Waals surface area (Å²) in [6.07, 6.45) is -5.28. The van der Waals surface area contributed by atoms with Crippen LogP contribution >= 0.6 is 7.92 Å². The average Bonchev–Trinajstić information content (AvgIpc) is 2.47. The topological polar surface area (TPSA) is 38.7 Å². The minimum Gasteiger partial charge on any atom is -1.00 e. The molecule has 0 fully saturated rings. The fourth-order valence-electron chi connectivity index (χ4n) is 3.63. The second-order valence-electron chi connectivity index (χ2n) is 8.88. The van der Waals surface area contributed by atoms with Gasteiger partial charge in [0.25, 0.3) is 0 Å². The zero-order chi connectivity index (χ0) is 21.4. The van der Waals surface area contributed by atoms with Gasteiger partial charge in [-0.2, -0.15) is 25.7 Å². The van der Waals surface area contributed by atoms with E-state index in [4.69, 9.17) is 9.47 Å². The number of rotatable bonds is 5. The maximum atomic E-state index is 14.3. The Balaban J connectivity index is -0.000000911. The van der Waals surface area contributed by atoms with Crippen molar-refractivity contribution in [2.45, 2.75) is 63.6 Å². The van der Waals surface area contributed by atoms with Crippen LogP contribution in [0.2, 0.25) is 0 Å². The molecule has 1 aromatic rings. The maximum absolute atomic E-state index is 14.3. The molecule has 0 aliphatic rings. The van der Waals surface area contributed by atoms with Gasteiger partial charge in [0.05, 0.1) is 42.2 Å². The molecular weight excluding hydrogens is 489 g/mol. The van der Waals surface area contributed by atoms with Gasteiger partial charge in [-0.15, -0.1) is 6.07 Å². The van der Waals surface area contributed by atoms with E-state index in [9.17, 15) is 18.3 Å². The summed E-state index contributed by atoms with van der Waals surface area (Å²) in [7, 11) is 0.976. The minimum absolute atomic E-state index is 0. The molecule has 182 valence electrons. The smallest absolute Gasteiger partial charge is 1.00 e. The third kappa shape index (κ3) is 8.84. The number of hydrogen-bond donors (Lipinski definition) is 1. The summed E-state index contributed by atoms with van der Waals surface area (Å²) in [5, 5.41) is 10.4. The second kappa shape index (κ2) is 13.2. The van der Waals surface area contributed by atoms with Crippen LogP contribution in [0, 0.1) is 14.4 Å². The normalized spacial score (nSPS) is 13.6. The SMILES string of the molecule is [CH2-]c1cc(OC)cc(OC)c1C(O)(C[PH+](C(C)(C)C)C(C)(C)C)C(F)(F)F.[CH3-].[Cl-].[Li+].[Ni]. The molecule has 0 saturated carbocycles. The molecule has 0 saturated heterocycles. The van der Waals surface area contributed by atoms with Gasteiger partial charge in [0.2, 0.25) is 0 Å². The minimum atomic E-state index is -4.88. The first-order valence-corrected chi connectivity index (χ1v) is 10.4. The summed E-state index contributed by atoms with van der Waals surface area (Å²) in [5.74, 6) is 0.241. The number of methoxy groups -OCH3 is 2. The number of benzene rings is 1. The molecule has 10 heteroatoms. The molecule has 0 spiro atoms. The largest absolute Gasteiger partial charge is 1.00 e. The molecule has 0 aliphatic heterocycles. The van der Waals surface area contributed by atoms with Gasteiger partial charge in [-0.05, 0) is 47.6 Å². The van der Waals surface area contributed by atoms with Crippen LogP contribution < -0.4 is 40.7 Å². The van der Waals surface area contributed by atoms with Gasteiger partial charge in [0, 0.05) is 24.4 Å². The number of aliphatic hydroxyl groups is 1. The van der Waals surface area contributed by atoms with E-state index in [0.29, 0.717) is 5.75 Å². The number of ether oxygens (including phenoxy) is 2. The van der Waals surface area contributed by atoms with E-state index in [1.807, 2.05) is 41.5 Å². The summed E-state index contributed by atoms with van der Waals surface area (Å²) in [6, 6.07) is 2.73. The molecular formula is C21H35ClF3LiNiO3P-. The molecule has 1 unspecified atom stereocenters. The van der Waals surface area contributed by atoms with Crippen LogP contribution in [0.25, 0.3) is 0 Å². The number of halogens is 4. The molecule has 0 aromatic heterocycles. The van der Waals surface area contributed by atoms with Gasteiger partial charge in [0.15, 0.2) is 5.60 Å². The van der Waals surface area contributed by atoms with Crippen molar-refractivity contribution in [2.24, 2.45) is 0 Å². The predicted octanol–water partition coefficient (Wildman–Crippen LogP) is -0.0971. The summed E-state index contributed by atoms with van der Waals surface area (Å²) in [5.41, 5.74) is -3.36. The molecule has 1 rings (SSSR count). The van der Waals surface area contributed by atoms with Crippen molar-refractivity contribution in [1.82, 2.24) is 0 Å². The molecule has 1 aromatic carbocycles. The predicted molar refractivity (Wildman–Crippen MR) is 113 cm³/mol. The third-order valence-corrected chi connectivity index (χ3v) is 9.23. The molecule has 31 heavy (non-hydrogen) atoms. The van der Waals surface area contributed by atoms with Crippen LogP contribution in [-0.4, -0.2) is 42.0 Å². The monoisotopic (exact) mass is 523 g/mol. The molecule has 0 heterocycles. The molecule has 1 N–H and O–H groups in total. The van der Waals surface area contributed by atoms with Gasteiger partial charge in [0.1, 0.15) is 0 Å². The molecule has 0 aliphatic carbocycles. The fourth-order valence-corrected chi connectivity index (χ4v) is 7.83. The van der Waals surface area contributed by atoms with E-state index in [2.05, 4.69) is 6.92 Å². The van der Waals surface area contributed by atoms with E-state index >= 15 is 0 Å². The van der Waals surface area contributed by atoms with Crippen LogP contribution in [0.4, 0.5) is 13.2 Å². The standard InChI is InChI=1S/C20H31F3O3P.CH3.ClH.Li.Ni/c1-13-10-14(25-8)11-15(26-9)16(13)19(24,20(21,22)23)12-27(17(2,3)4)18(5,6)7;;;;/h10-11,24H,1,12H2,2-9H3;1H3;1H;;/q2*-1;;+1;. The van der Waals surface area contributed by atoms with Gasteiger partial charge in [-0.3, -0.25) is 0 Å². The molecule has 0 bridgehead atoms. The van der Waals surface area contributed by atoms with Crippen molar-refractivity contribution in [1.29, 1.82) is 0 Å². The van der Waals surface area contributed by atoms with Crippen LogP contribution in [0.3, 0.4) is 0 Å². The van der Waals surface area contributed by atoms with Crippen molar-refractivity contribution in [3.8, 4) is 11.5 Å². The van der Waals surface area contributed by atoms with E-state index in [1.54, 1.807) is 0 Å². The van der Waals surface area contributed by atoms with Crippen molar-refractivity contribution in [2.75, 3.05) is 20.4 Å². The summed E-state index contributed by atoms with van der Waals surface area (Å²) in [4.78, 5) is 0. The quantitative estimate of drug-likeness (QED) is 0.333. The van der Waals surface area contributed by atoms with Crippen molar-refractivity contribution < 1.29 is 75.5 Å². The zero-order valence-corrected chi connectivity index (χ0v) is 22.9. The second-order valence-corrected chi connectivity index (χ2v) is 13.2. The van der Waals surface area contributed by atoms with Crippen LogP contribution in [-0.2, 0) is 22.1 Å². The molecule has 0 radical (unpaired) electrons. The first-order valence-electron chi connectivity index (χ1n) is 8.73. The molecule has 3 nitrogen and oxygen atoms in total. The molecule has 1 atom stereocenters. The van der Waals surface area contributed by atoms with E-state index in [1.165, 1.54) is 26.4 Å². The van der Waals surface area contributed by atoms with Crippen LogP contribution in [0.5, 0.6) is 11.5 Å². The Morgan fingerprint density at radius 1 is 0.968 bits per heavy atom. The number of alkyl halides is 3. The Bertz CT molecular complexity index is 666. The van der Waals surface area contributed by atoms with Gasteiger partial charge in [-0.1, -0.05) is 5.56 Å². The van der Waals surface area contributed by atoms with E-state index in [-0.39, 0.29) is 82.4 Å². The summed E-state index contributed by atoms with van der Waals surface area (Å²) < 4.78 is 53.1. The summed E-state index contributed by atoms with van der Waals surface area (Å²) >= 11 is 0. The van der Waals surface area contributed by atoms with Crippen molar-refractivity contribution in [3.63, 3.8) is 0 Å². The van der Waals surface area contributed by atoms with Gasteiger partial charge in [-0.25, -0.2) is 0 Å². The first-order chi connectivity index (χ1) is 12.0. The Morgan fingerprint density at radius 3 is 1.68 bits per heavy atom. The average molecular weight is 525 g/mol. The number of hydrogen-bond acceptors (Lipinski definition) is 3. The van der Waals surface area contributed by atoms with Crippen LogP contribution in [0.15, 0.2) is 12.1 Å². The Labute approximate surface area is 215 Å².